The Balaban J connectivity index is 1.88. The van der Waals surface area contributed by atoms with E-state index in [1.165, 1.54) is 19.1 Å². The molecular weight excluding hydrogens is 388 g/mol. The first-order valence-corrected chi connectivity index (χ1v) is 8.25. The number of carbonyl (C=O) groups is 3. The normalized spacial score (nSPS) is 10.0. The molecule has 2 aromatic rings. The molecule has 0 heterocycles. The lowest BCUT2D eigenvalue weighted by Gasteiger charge is -2.09. The number of aryl methyl sites for hydroxylation is 1. The van der Waals surface area contributed by atoms with Gasteiger partial charge in [-0.3, -0.25) is 9.59 Å². The smallest absolute Gasteiger partial charge is 0.338 e. The Morgan fingerprint density at radius 1 is 1.04 bits per heavy atom. The first-order chi connectivity index (χ1) is 11.8. The van der Waals surface area contributed by atoms with Crippen molar-refractivity contribution in [2.45, 2.75) is 13.8 Å². The maximum Gasteiger partial charge on any atom is 0.338 e. The first-order valence-electron chi connectivity index (χ1n) is 7.46. The maximum atomic E-state index is 12.0. The van der Waals surface area contributed by atoms with E-state index >= 15 is 0 Å². The van der Waals surface area contributed by atoms with E-state index in [0.717, 1.165) is 10.0 Å². The van der Waals surface area contributed by atoms with E-state index in [9.17, 15) is 14.4 Å². The molecule has 0 spiro atoms. The molecule has 0 unspecified atom stereocenters. The summed E-state index contributed by atoms with van der Waals surface area (Å²) in [5.41, 5.74) is 2.42. The Labute approximate surface area is 153 Å². The van der Waals surface area contributed by atoms with Crippen molar-refractivity contribution in [1.82, 2.24) is 0 Å². The van der Waals surface area contributed by atoms with Gasteiger partial charge in [-0.05, 0) is 55.0 Å². The standard InChI is InChI=1S/C18H17BrN2O4/c1-11-9-14(19)5-8-16(11)21-17(23)10-25-18(24)13-3-6-15(7-4-13)20-12(2)22/h3-9H,10H2,1-2H3,(H,20,22)(H,21,23). The van der Waals surface area contributed by atoms with Crippen LogP contribution in [0.25, 0.3) is 0 Å². The van der Waals surface area contributed by atoms with Gasteiger partial charge in [-0.2, -0.15) is 0 Å². The van der Waals surface area contributed by atoms with Gasteiger partial charge in [0.25, 0.3) is 5.91 Å². The summed E-state index contributed by atoms with van der Waals surface area (Å²) < 4.78 is 5.91. The lowest BCUT2D eigenvalue weighted by Crippen LogP contribution is -2.21. The first kappa shape index (κ1) is 18.7. The fraction of sp³-hybridized carbons (Fsp3) is 0.167. The topological polar surface area (TPSA) is 84.5 Å². The average Bonchev–Trinajstić information content (AvgIpc) is 2.55. The number of amides is 2. The minimum absolute atomic E-state index is 0.199. The van der Waals surface area contributed by atoms with Crippen LogP contribution in [0.1, 0.15) is 22.8 Å². The molecule has 0 fully saturated rings. The molecule has 0 radical (unpaired) electrons. The Bertz CT molecular complexity index is 803. The Morgan fingerprint density at radius 3 is 2.32 bits per heavy atom. The van der Waals surface area contributed by atoms with Gasteiger partial charge in [-0.25, -0.2) is 4.79 Å². The fourth-order valence-corrected chi connectivity index (χ4v) is 2.54. The van der Waals surface area contributed by atoms with Crippen molar-refractivity contribution in [2.75, 3.05) is 17.2 Å². The van der Waals surface area contributed by atoms with Gasteiger partial charge in [-0.15, -0.1) is 0 Å². The van der Waals surface area contributed by atoms with Gasteiger partial charge < -0.3 is 15.4 Å². The Hall–Kier alpha value is -2.67. The van der Waals surface area contributed by atoms with Crippen LogP contribution in [0.3, 0.4) is 0 Å². The van der Waals surface area contributed by atoms with Crippen LogP contribution in [-0.2, 0) is 14.3 Å². The average molecular weight is 405 g/mol. The third-order valence-electron chi connectivity index (χ3n) is 3.24. The number of nitrogens with one attached hydrogen (secondary N) is 2. The molecule has 0 bridgehead atoms. The second-order valence-electron chi connectivity index (χ2n) is 5.34. The van der Waals surface area contributed by atoms with Crippen LogP contribution in [0.2, 0.25) is 0 Å². The molecule has 130 valence electrons. The largest absolute Gasteiger partial charge is 0.452 e. The summed E-state index contributed by atoms with van der Waals surface area (Å²) in [6.07, 6.45) is 0. The zero-order valence-electron chi connectivity index (χ0n) is 13.8. The van der Waals surface area contributed by atoms with E-state index in [4.69, 9.17) is 4.74 Å². The molecule has 2 amide bonds. The Kier molecular flexibility index (Phi) is 6.30. The van der Waals surface area contributed by atoms with E-state index in [1.807, 2.05) is 19.1 Å². The highest BCUT2D eigenvalue weighted by Gasteiger charge is 2.11. The quantitative estimate of drug-likeness (QED) is 0.746. The van der Waals surface area contributed by atoms with Gasteiger partial charge in [-0.1, -0.05) is 15.9 Å². The molecule has 0 aromatic heterocycles. The SMILES string of the molecule is CC(=O)Nc1ccc(C(=O)OCC(=O)Nc2ccc(Br)cc2C)cc1. The number of halogens is 1. The summed E-state index contributed by atoms with van der Waals surface area (Å²) in [5, 5.41) is 5.29. The summed E-state index contributed by atoms with van der Waals surface area (Å²) in [6, 6.07) is 11.7. The van der Waals surface area contributed by atoms with Crippen LogP contribution in [0.4, 0.5) is 11.4 Å². The summed E-state index contributed by atoms with van der Waals surface area (Å²) >= 11 is 3.35. The predicted octanol–water partition coefficient (Wildman–Crippen LogP) is 3.51. The molecule has 0 saturated heterocycles. The minimum Gasteiger partial charge on any atom is -0.452 e. The van der Waals surface area contributed by atoms with E-state index in [-0.39, 0.29) is 12.5 Å². The van der Waals surface area contributed by atoms with Crippen LogP contribution in [0, 0.1) is 6.92 Å². The monoisotopic (exact) mass is 404 g/mol. The number of rotatable bonds is 5. The third-order valence-corrected chi connectivity index (χ3v) is 3.73. The molecule has 0 saturated carbocycles. The number of anilines is 2. The maximum absolute atomic E-state index is 12.0. The molecule has 6 nitrogen and oxygen atoms in total. The summed E-state index contributed by atoms with van der Waals surface area (Å²) in [5.74, 6) is -1.24. The minimum atomic E-state index is -0.614. The number of benzene rings is 2. The number of esters is 1. The fourth-order valence-electron chi connectivity index (χ4n) is 2.06. The molecule has 2 rings (SSSR count). The molecule has 7 heteroatoms. The number of hydrogen-bond donors (Lipinski definition) is 2. The van der Waals surface area contributed by atoms with E-state index in [0.29, 0.717) is 16.9 Å². The van der Waals surface area contributed by atoms with Crippen LogP contribution in [0.15, 0.2) is 46.9 Å². The molecular formula is C18H17BrN2O4. The molecule has 2 aromatic carbocycles. The van der Waals surface area contributed by atoms with Crippen molar-refractivity contribution in [2.24, 2.45) is 0 Å². The summed E-state index contributed by atoms with van der Waals surface area (Å²) in [4.78, 5) is 34.8. The van der Waals surface area contributed by atoms with Crippen molar-refractivity contribution in [1.29, 1.82) is 0 Å². The molecule has 0 aliphatic carbocycles. The lowest BCUT2D eigenvalue weighted by molar-refractivity contribution is -0.119. The Morgan fingerprint density at radius 2 is 1.72 bits per heavy atom. The van der Waals surface area contributed by atoms with E-state index < -0.39 is 11.9 Å². The number of hydrogen-bond acceptors (Lipinski definition) is 4. The van der Waals surface area contributed by atoms with Gasteiger partial charge in [0.1, 0.15) is 0 Å². The zero-order chi connectivity index (χ0) is 18.4. The zero-order valence-corrected chi connectivity index (χ0v) is 15.3. The van der Waals surface area contributed by atoms with Crippen LogP contribution in [-0.4, -0.2) is 24.4 Å². The van der Waals surface area contributed by atoms with Gasteiger partial charge >= 0.3 is 5.97 Å². The third kappa shape index (κ3) is 5.72. The van der Waals surface area contributed by atoms with Crippen LogP contribution < -0.4 is 10.6 Å². The second-order valence-corrected chi connectivity index (χ2v) is 6.26. The lowest BCUT2D eigenvalue weighted by atomic mass is 10.2. The van der Waals surface area contributed by atoms with Crippen molar-refractivity contribution >= 4 is 45.1 Å². The molecule has 2 N–H and O–H groups in total. The van der Waals surface area contributed by atoms with Crippen LogP contribution in [0.5, 0.6) is 0 Å². The highest BCUT2D eigenvalue weighted by molar-refractivity contribution is 9.10. The van der Waals surface area contributed by atoms with Crippen molar-refractivity contribution in [3.63, 3.8) is 0 Å². The molecule has 25 heavy (non-hydrogen) atoms. The van der Waals surface area contributed by atoms with Crippen LogP contribution >= 0.6 is 15.9 Å². The van der Waals surface area contributed by atoms with E-state index in [1.54, 1.807) is 18.2 Å². The highest BCUT2D eigenvalue weighted by atomic mass is 79.9. The van der Waals surface area contributed by atoms with Crippen molar-refractivity contribution < 1.29 is 19.1 Å². The number of ether oxygens (including phenoxy) is 1. The van der Waals surface area contributed by atoms with Gasteiger partial charge in [0.15, 0.2) is 6.61 Å². The second kappa shape index (κ2) is 8.43. The van der Waals surface area contributed by atoms with Gasteiger partial charge in [0.2, 0.25) is 5.91 Å². The van der Waals surface area contributed by atoms with Gasteiger partial charge in [0.05, 0.1) is 5.56 Å². The van der Waals surface area contributed by atoms with E-state index in [2.05, 4.69) is 26.6 Å². The highest BCUT2D eigenvalue weighted by Crippen LogP contribution is 2.20. The summed E-state index contributed by atoms with van der Waals surface area (Å²) in [7, 11) is 0. The number of carbonyl (C=O) groups excluding carboxylic acids is 3. The van der Waals surface area contributed by atoms with Crippen molar-refractivity contribution in [3.8, 4) is 0 Å². The summed E-state index contributed by atoms with van der Waals surface area (Å²) in [6.45, 7) is 2.87. The van der Waals surface area contributed by atoms with Crippen molar-refractivity contribution in [3.05, 3.63) is 58.1 Å². The predicted molar refractivity (Wildman–Crippen MR) is 98.5 cm³/mol. The molecule has 0 aliphatic rings. The molecule has 0 aliphatic heterocycles. The molecule has 0 atom stereocenters. The van der Waals surface area contributed by atoms with Gasteiger partial charge in [0, 0.05) is 22.8 Å².